The highest BCUT2D eigenvalue weighted by molar-refractivity contribution is 8.14. The summed E-state index contributed by atoms with van der Waals surface area (Å²) >= 11 is 1.71. The van der Waals surface area contributed by atoms with E-state index in [4.69, 9.17) is 10.5 Å². The van der Waals surface area contributed by atoms with Crippen molar-refractivity contribution in [1.29, 1.82) is 0 Å². The fourth-order valence-electron chi connectivity index (χ4n) is 1.38. The third kappa shape index (κ3) is 2.07. The maximum atomic E-state index is 5.64. The van der Waals surface area contributed by atoms with Crippen molar-refractivity contribution in [2.75, 3.05) is 18.6 Å². The number of hydrogen-bond acceptors (Lipinski definition) is 5. The molecule has 1 aliphatic heterocycles. The maximum absolute atomic E-state index is 5.64. The predicted octanol–water partition coefficient (Wildman–Crippen LogP) is 1.55. The fourth-order valence-corrected chi connectivity index (χ4v) is 2.40. The highest BCUT2D eigenvalue weighted by Crippen LogP contribution is 2.28. The second-order valence-electron chi connectivity index (χ2n) is 3.41. The largest absolute Gasteiger partial charge is 0.494 e. The van der Waals surface area contributed by atoms with Gasteiger partial charge in [-0.15, -0.1) is 11.8 Å². The minimum atomic E-state index is 0.356. The van der Waals surface area contributed by atoms with Gasteiger partial charge in [-0.2, -0.15) is 0 Å². The van der Waals surface area contributed by atoms with Crippen LogP contribution < -0.4 is 10.5 Å². The Labute approximate surface area is 92.9 Å². The Bertz CT molecular complexity index is 406. The second-order valence-corrected chi connectivity index (χ2v) is 4.42. The Morgan fingerprint density at radius 3 is 3.00 bits per heavy atom. The van der Waals surface area contributed by atoms with Gasteiger partial charge in [0.1, 0.15) is 16.5 Å². The van der Waals surface area contributed by atoms with Crippen LogP contribution in [-0.2, 0) is 0 Å². The standard InChI is InChI=1S/C10H13N3OS/c1-6-5-15-10(13-6)9-8(14-2)3-7(11)4-12-9/h3-4,6H,5,11H2,1-2H3. The van der Waals surface area contributed by atoms with Crippen LogP contribution in [0.25, 0.3) is 0 Å². The van der Waals surface area contributed by atoms with Crippen LogP contribution in [0.4, 0.5) is 5.69 Å². The highest BCUT2D eigenvalue weighted by atomic mass is 32.2. The number of thioether (sulfide) groups is 1. The molecule has 2 heterocycles. The number of aliphatic imine (C=N–C) groups is 1. The van der Waals surface area contributed by atoms with Crippen molar-refractivity contribution < 1.29 is 4.74 Å². The molecule has 4 nitrogen and oxygen atoms in total. The molecule has 2 N–H and O–H groups in total. The van der Waals surface area contributed by atoms with E-state index in [0.717, 1.165) is 16.5 Å². The number of anilines is 1. The minimum absolute atomic E-state index is 0.356. The molecule has 1 atom stereocenters. The summed E-state index contributed by atoms with van der Waals surface area (Å²) in [5.41, 5.74) is 7.04. The Morgan fingerprint density at radius 1 is 1.60 bits per heavy atom. The maximum Gasteiger partial charge on any atom is 0.149 e. The van der Waals surface area contributed by atoms with Gasteiger partial charge in [-0.25, -0.2) is 4.98 Å². The van der Waals surface area contributed by atoms with Crippen LogP contribution in [-0.4, -0.2) is 28.9 Å². The SMILES string of the molecule is COc1cc(N)cnc1C1=NC(C)CS1. The monoisotopic (exact) mass is 223 g/mol. The Hall–Kier alpha value is -1.23. The zero-order valence-electron chi connectivity index (χ0n) is 8.73. The van der Waals surface area contributed by atoms with Crippen LogP contribution in [0.3, 0.4) is 0 Å². The molecule has 80 valence electrons. The number of hydrogen-bond donors (Lipinski definition) is 1. The molecule has 0 spiro atoms. The van der Waals surface area contributed by atoms with E-state index in [1.165, 1.54) is 0 Å². The van der Waals surface area contributed by atoms with Gasteiger partial charge in [0.2, 0.25) is 0 Å². The summed E-state index contributed by atoms with van der Waals surface area (Å²) in [5.74, 6) is 1.69. The number of rotatable bonds is 2. The number of nitrogen functional groups attached to an aromatic ring is 1. The van der Waals surface area contributed by atoms with Gasteiger partial charge < -0.3 is 10.5 Å². The van der Waals surface area contributed by atoms with E-state index in [9.17, 15) is 0 Å². The van der Waals surface area contributed by atoms with Gasteiger partial charge in [-0.05, 0) is 6.92 Å². The van der Waals surface area contributed by atoms with E-state index in [-0.39, 0.29) is 0 Å². The lowest BCUT2D eigenvalue weighted by molar-refractivity contribution is 0.412. The molecular weight excluding hydrogens is 210 g/mol. The van der Waals surface area contributed by atoms with Crippen LogP contribution in [0.5, 0.6) is 5.75 Å². The smallest absolute Gasteiger partial charge is 0.149 e. The molecular formula is C10H13N3OS. The van der Waals surface area contributed by atoms with Crippen molar-refractivity contribution in [3.8, 4) is 5.75 Å². The Kier molecular flexibility index (Phi) is 2.81. The quantitative estimate of drug-likeness (QED) is 0.826. The molecule has 0 saturated heterocycles. The molecule has 0 saturated carbocycles. The van der Waals surface area contributed by atoms with Gasteiger partial charge in [0, 0.05) is 11.8 Å². The molecule has 0 bridgehead atoms. The molecule has 2 rings (SSSR count). The molecule has 1 aliphatic rings. The number of pyridine rings is 1. The second kappa shape index (κ2) is 4.10. The van der Waals surface area contributed by atoms with Gasteiger partial charge in [-0.1, -0.05) is 0 Å². The summed E-state index contributed by atoms with van der Waals surface area (Å²) in [6.07, 6.45) is 1.63. The first-order valence-electron chi connectivity index (χ1n) is 4.71. The third-order valence-electron chi connectivity index (χ3n) is 2.10. The van der Waals surface area contributed by atoms with Gasteiger partial charge in [0.15, 0.2) is 0 Å². The Morgan fingerprint density at radius 2 is 2.40 bits per heavy atom. The van der Waals surface area contributed by atoms with Crippen LogP contribution in [0.1, 0.15) is 12.6 Å². The molecule has 5 heteroatoms. The lowest BCUT2D eigenvalue weighted by Gasteiger charge is -2.06. The normalized spacial score (nSPS) is 20.1. The lowest BCUT2D eigenvalue weighted by Crippen LogP contribution is -2.02. The average Bonchev–Trinajstić information content (AvgIpc) is 2.64. The minimum Gasteiger partial charge on any atom is -0.494 e. The number of methoxy groups -OCH3 is 1. The molecule has 0 amide bonds. The van der Waals surface area contributed by atoms with E-state index in [0.29, 0.717) is 17.5 Å². The number of nitrogens with zero attached hydrogens (tertiary/aromatic N) is 2. The van der Waals surface area contributed by atoms with E-state index in [1.807, 2.05) is 0 Å². The number of nitrogens with two attached hydrogens (primary N) is 1. The summed E-state index contributed by atoms with van der Waals surface area (Å²) in [5, 5.41) is 0.944. The zero-order valence-corrected chi connectivity index (χ0v) is 9.54. The molecule has 1 aromatic rings. The summed E-state index contributed by atoms with van der Waals surface area (Å²) < 4.78 is 5.24. The van der Waals surface area contributed by atoms with Crippen molar-refractivity contribution in [3.63, 3.8) is 0 Å². The topological polar surface area (TPSA) is 60.5 Å². The highest BCUT2D eigenvalue weighted by Gasteiger charge is 2.20. The van der Waals surface area contributed by atoms with Crippen LogP contribution in [0.2, 0.25) is 0 Å². The third-order valence-corrected chi connectivity index (χ3v) is 3.32. The van der Waals surface area contributed by atoms with Crippen molar-refractivity contribution in [3.05, 3.63) is 18.0 Å². The van der Waals surface area contributed by atoms with Crippen molar-refractivity contribution in [2.24, 2.45) is 4.99 Å². The predicted molar refractivity (Wildman–Crippen MR) is 63.7 cm³/mol. The summed E-state index contributed by atoms with van der Waals surface area (Å²) in [4.78, 5) is 8.76. The number of ether oxygens (including phenoxy) is 1. The van der Waals surface area contributed by atoms with Crippen LogP contribution >= 0.6 is 11.8 Å². The van der Waals surface area contributed by atoms with E-state index >= 15 is 0 Å². The van der Waals surface area contributed by atoms with Gasteiger partial charge in [-0.3, -0.25) is 4.99 Å². The molecule has 15 heavy (non-hydrogen) atoms. The van der Waals surface area contributed by atoms with Crippen molar-refractivity contribution in [1.82, 2.24) is 4.98 Å². The van der Waals surface area contributed by atoms with Crippen LogP contribution in [0.15, 0.2) is 17.3 Å². The van der Waals surface area contributed by atoms with Gasteiger partial charge in [0.25, 0.3) is 0 Å². The number of aromatic nitrogens is 1. The van der Waals surface area contributed by atoms with Crippen molar-refractivity contribution >= 4 is 22.5 Å². The van der Waals surface area contributed by atoms with Gasteiger partial charge in [0.05, 0.1) is 25.0 Å². The van der Waals surface area contributed by atoms with Gasteiger partial charge >= 0.3 is 0 Å². The molecule has 1 unspecified atom stereocenters. The van der Waals surface area contributed by atoms with Crippen molar-refractivity contribution in [2.45, 2.75) is 13.0 Å². The fraction of sp³-hybridized carbons (Fsp3) is 0.400. The van der Waals surface area contributed by atoms with Crippen LogP contribution in [0, 0.1) is 0 Å². The lowest BCUT2D eigenvalue weighted by atomic mass is 10.3. The first-order chi connectivity index (χ1) is 7.20. The summed E-state index contributed by atoms with van der Waals surface area (Å²) in [7, 11) is 1.61. The molecule has 0 fully saturated rings. The van der Waals surface area contributed by atoms with E-state index in [1.54, 1.807) is 31.1 Å². The molecule has 0 aliphatic carbocycles. The summed E-state index contributed by atoms with van der Waals surface area (Å²) in [6, 6.07) is 2.13. The molecule has 0 radical (unpaired) electrons. The molecule has 1 aromatic heterocycles. The average molecular weight is 223 g/mol. The molecule has 0 aromatic carbocycles. The Balaban J connectivity index is 2.39. The summed E-state index contributed by atoms with van der Waals surface area (Å²) in [6.45, 7) is 2.09. The zero-order chi connectivity index (χ0) is 10.8. The van der Waals surface area contributed by atoms with E-state index < -0.39 is 0 Å². The first kappa shape index (κ1) is 10.3. The first-order valence-corrected chi connectivity index (χ1v) is 5.69. The van der Waals surface area contributed by atoms with E-state index in [2.05, 4.69) is 16.9 Å².